The first-order valence-electron chi connectivity index (χ1n) is 7.09. The van der Waals surface area contributed by atoms with Crippen molar-refractivity contribution in [3.05, 3.63) is 29.6 Å². The number of benzene rings is 1. The third-order valence-electron chi connectivity index (χ3n) is 4.87. The Kier molecular flexibility index (Phi) is 2.85. The summed E-state index contributed by atoms with van der Waals surface area (Å²) in [7, 11) is -0.665. The van der Waals surface area contributed by atoms with Gasteiger partial charge in [-0.05, 0) is 52.2 Å². The maximum atomic E-state index is 14.3. The molecule has 1 aliphatic heterocycles. The van der Waals surface area contributed by atoms with Gasteiger partial charge in [-0.3, -0.25) is 0 Å². The Morgan fingerprint density at radius 2 is 1.65 bits per heavy atom. The van der Waals surface area contributed by atoms with E-state index in [4.69, 9.17) is 15.0 Å². The van der Waals surface area contributed by atoms with Gasteiger partial charge in [0.25, 0.3) is 0 Å². The molecule has 1 aromatic carbocycles. The van der Waals surface area contributed by atoms with Gasteiger partial charge in [-0.15, -0.1) is 0 Å². The molecule has 1 saturated carbocycles. The molecule has 0 radical (unpaired) electrons. The standard InChI is InChI=1S/C15H21BFNO2/c1-13(2)14(3,4)20-16(19-13)11-6-5-10(9-12(11)17)15(18)7-8-15/h5-6,9H,7-8,18H2,1-4H3. The van der Waals surface area contributed by atoms with Gasteiger partial charge in [-0.1, -0.05) is 12.1 Å². The molecule has 2 N–H and O–H groups in total. The van der Waals surface area contributed by atoms with Gasteiger partial charge < -0.3 is 15.0 Å². The molecule has 1 saturated heterocycles. The van der Waals surface area contributed by atoms with Crippen LogP contribution in [0.25, 0.3) is 0 Å². The highest BCUT2D eigenvalue weighted by atomic mass is 19.1. The van der Waals surface area contributed by atoms with Crippen LogP contribution in [0.1, 0.15) is 46.1 Å². The Balaban J connectivity index is 1.89. The van der Waals surface area contributed by atoms with Crippen molar-refractivity contribution in [2.24, 2.45) is 5.73 Å². The largest absolute Gasteiger partial charge is 0.497 e. The Labute approximate surface area is 119 Å². The second kappa shape index (κ2) is 4.06. The van der Waals surface area contributed by atoms with Crippen LogP contribution in [0.15, 0.2) is 18.2 Å². The summed E-state index contributed by atoms with van der Waals surface area (Å²) in [6, 6.07) is 5.14. The van der Waals surface area contributed by atoms with Crippen LogP contribution in [0.2, 0.25) is 0 Å². The molecule has 0 atom stereocenters. The van der Waals surface area contributed by atoms with Crippen molar-refractivity contribution in [2.45, 2.75) is 57.3 Å². The molecular weight excluding hydrogens is 256 g/mol. The molecule has 1 heterocycles. The molecular formula is C15H21BFNO2. The van der Waals surface area contributed by atoms with E-state index in [1.165, 1.54) is 6.07 Å². The molecule has 108 valence electrons. The van der Waals surface area contributed by atoms with E-state index in [1.807, 2.05) is 33.8 Å². The number of nitrogens with two attached hydrogens (primary N) is 1. The van der Waals surface area contributed by atoms with E-state index >= 15 is 0 Å². The predicted molar refractivity (Wildman–Crippen MR) is 77.2 cm³/mol. The molecule has 1 aliphatic carbocycles. The lowest BCUT2D eigenvalue weighted by Crippen LogP contribution is -2.41. The Morgan fingerprint density at radius 3 is 2.10 bits per heavy atom. The maximum Gasteiger partial charge on any atom is 0.497 e. The second-order valence-electron chi connectivity index (χ2n) is 6.98. The van der Waals surface area contributed by atoms with Crippen LogP contribution in [0.3, 0.4) is 0 Å². The molecule has 1 aromatic rings. The SMILES string of the molecule is CC1(C)OB(c2ccc(C3(N)CC3)cc2F)OC1(C)C. The van der Waals surface area contributed by atoms with Crippen LogP contribution in [-0.2, 0) is 14.8 Å². The first-order chi connectivity index (χ1) is 9.15. The van der Waals surface area contributed by atoms with Crippen molar-refractivity contribution in [2.75, 3.05) is 0 Å². The lowest BCUT2D eigenvalue weighted by Gasteiger charge is -2.32. The minimum absolute atomic E-state index is 0.308. The smallest absolute Gasteiger partial charge is 0.399 e. The van der Waals surface area contributed by atoms with Crippen molar-refractivity contribution < 1.29 is 13.7 Å². The molecule has 0 amide bonds. The number of hydrogen-bond acceptors (Lipinski definition) is 3. The average Bonchev–Trinajstić information content (AvgIpc) is 3.01. The molecule has 2 fully saturated rings. The molecule has 5 heteroatoms. The number of hydrogen-bond donors (Lipinski definition) is 1. The quantitative estimate of drug-likeness (QED) is 0.842. The highest BCUT2D eigenvalue weighted by Crippen LogP contribution is 2.42. The maximum absolute atomic E-state index is 14.3. The van der Waals surface area contributed by atoms with Crippen molar-refractivity contribution >= 4 is 12.6 Å². The number of halogens is 1. The average molecular weight is 277 g/mol. The highest BCUT2D eigenvalue weighted by Gasteiger charge is 2.52. The first kappa shape index (κ1) is 14.0. The Morgan fingerprint density at radius 1 is 1.10 bits per heavy atom. The van der Waals surface area contributed by atoms with Crippen molar-refractivity contribution in [3.63, 3.8) is 0 Å². The van der Waals surface area contributed by atoms with Crippen LogP contribution in [0.5, 0.6) is 0 Å². The van der Waals surface area contributed by atoms with E-state index in [2.05, 4.69) is 0 Å². The van der Waals surface area contributed by atoms with Gasteiger partial charge in [0, 0.05) is 11.0 Å². The number of rotatable bonds is 2. The molecule has 2 aliphatic rings. The van der Waals surface area contributed by atoms with Gasteiger partial charge in [0.1, 0.15) is 5.82 Å². The van der Waals surface area contributed by atoms with Crippen molar-refractivity contribution in [3.8, 4) is 0 Å². The summed E-state index contributed by atoms with van der Waals surface area (Å²) >= 11 is 0. The van der Waals surface area contributed by atoms with E-state index in [1.54, 1.807) is 6.07 Å². The minimum Gasteiger partial charge on any atom is -0.399 e. The highest BCUT2D eigenvalue weighted by molar-refractivity contribution is 6.62. The van der Waals surface area contributed by atoms with Crippen LogP contribution >= 0.6 is 0 Å². The normalized spacial score (nSPS) is 25.8. The third-order valence-corrected chi connectivity index (χ3v) is 4.87. The summed E-state index contributed by atoms with van der Waals surface area (Å²) in [5.74, 6) is -0.308. The fourth-order valence-corrected chi connectivity index (χ4v) is 2.42. The summed E-state index contributed by atoms with van der Waals surface area (Å²) < 4.78 is 26.1. The first-order valence-corrected chi connectivity index (χ1v) is 7.09. The van der Waals surface area contributed by atoms with Crippen molar-refractivity contribution in [1.82, 2.24) is 0 Å². The van der Waals surface area contributed by atoms with Crippen molar-refractivity contribution in [1.29, 1.82) is 0 Å². The monoisotopic (exact) mass is 277 g/mol. The van der Waals surface area contributed by atoms with E-state index in [-0.39, 0.29) is 11.4 Å². The van der Waals surface area contributed by atoms with Gasteiger partial charge >= 0.3 is 7.12 Å². The van der Waals surface area contributed by atoms with Crippen LogP contribution in [0, 0.1) is 5.82 Å². The van der Waals surface area contributed by atoms with Crippen LogP contribution < -0.4 is 11.2 Å². The summed E-state index contributed by atoms with van der Waals surface area (Å²) in [5, 5.41) is 0. The summed E-state index contributed by atoms with van der Waals surface area (Å²) in [4.78, 5) is 0. The van der Waals surface area contributed by atoms with E-state index < -0.39 is 18.3 Å². The van der Waals surface area contributed by atoms with Crippen LogP contribution in [-0.4, -0.2) is 18.3 Å². The second-order valence-corrected chi connectivity index (χ2v) is 6.98. The molecule has 0 aromatic heterocycles. The molecule has 0 unspecified atom stereocenters. The van der Waals surface area contributed by atoms with Gasteiger partial charge in [0.2, 0.25) is 0 Å². The van der Waals surface area contributed by atoms with Gasteiger partial charge in [0.05, 0.1) is 11.2 Å². The van der Waals surface area contributed by atoms with Gasteiger partial charge in [0.15, 0.2) is 0 Å². The molecule has 3 nitrogen and oxygen atoms in total. The minimum atomic E-state index is -0.665. The zero-order valence-electron chi connectivity index (χ0n) is 12.5. The molecule has 20 heavy (non-hydrogen) atoms. The Hall–Kier alpha value is -0.905. The lowest BCUT2D eigenvalue weighted by atomic mass is 9.78. The fraction of sp³-hybridized carbons (Fsp3) is 0.600. The van der Waals surface area contributed by atoms with Crippen LogP contribution in [0.4, 0.5) is 4.39 Å². The molecule has 3 rings (SSSR count). The summed E-state index contributed by atoms with van der Waals surface area (Å²) in [6.07, 6.45) is 1.84. The zero-order valence-corrected chi connectivity index (χ0v) is 12.5. The Bertz CT molecular complexity index is 539. The predicted octanol–water partition coefficient (Wildman–Crippen LogP) is 2.07. The fourth-order valence-electron chi connectivity index (χ4n) is 2.42. The zero-order chi connectivity index (χ0) is 14.8. The van der Waals surface area contributed by atoms with E-state index in [0.29, 0.717) is 5.46 Å². The third kappa shape index (κ3) is 2.08. The van der Waals surface area contributed by atoms with Gasteiger partial charge in [-0.25, -0.2) is 4.39 Å². The lowest BCUT2D eigenvalue weighted by molar-refractivity contribution is 0.00578. The van der Waals surface area contributed by atoms with Gasteiger partial charge in [-0.2, -0.15) is 0 Å². The van der Waals surface area contributed by atoms with E-state index in [0.717, 1.165) is 18.4 Å². The van der Waals surface area contributed by atoms with E-state index in [9.17, 15) is 4.39 Å². The molecule has 0 bridgehead atoms. The summed E-state index contributed by atoms with van der Waals surface area (Å²) in [6.45, 7) is 7.83. The summed E-state index contributed by atoms with van der Waals surface area (Å²) in [5.41, 5.74) is 6.14. The molecule has 0 spiro atoms. The topological polar surface area (TPSA) is 44.5 Å².